The summed E-state index contributed by atoms with van der Waals surface area (Å²) in [6.07, 6.45) is 0.444. The van der Waals surface area contributed by atoms with Crippen molar-refractivity contribution in [2.24, 2.45) is 11.5 Å². The van der Waals surface area contributed by atoms with Crippen LogP contribution in [0.15, 0.2) is 0 Å². The minimum absolute atomic E-state index is 0.245. The maximum Gasteiger partial charge on any atom is 0.320 e. The SMILES string of the molecule is CCC(N)=O.C[C@H](N)C(=O)O. The van der Waals surface area contributed by atoms with E-state index in [-0.39, 0.29) is 5.91 Å². The van der Waals surface area contributed by atoms with Crippen LogP contribution in [0.2, 0.25) is 0 Å². The molecule has 0 aromatic carbocycles. The molecule has 66 valence electrons. The first-order chi connectivity index (χ1) is 4.91. The summed E-state index contributed by atoms with van der Waals surface area (Å²) in [6.45, 7) is 3.14. The van der Waals surface area contributed by atoms with Gasteiger partial charge < -0.3 is 16.6 Å². The largest absolute Gasteiger partial charge is 0.480 e. The number of carboxylic acid groups (broad SMARTS) is 1. The van der Waals surface area contributed by atoms with Crippen LogP contribution in [0.25, 0.3) is 0 Å². The van der Waals surface area contributed by atoms with Gasteiger partial charge in [-0.1, -0.05) is 6.92 Å². The van der Waals surface area contributed by atoms with E-state index in [0.29, 0.717) is 6.42 Å². The Kier molecular flexibility index (Phi) is 8.01. The smallest absolute Gasteiger partial charge is 0.320 e. The van der Waals surface area contributed by atoms with Crippen LogP contribution in [-0.2, 0) is 9.59 Å². The summed E-state index contributed by atoms with van der Waals surface area (Å²) in [5.74, 6) is -1.21. The Bertz CT molecular complexity index is 134. The van der Waals surface area contributed by atoms with Gasteiger partial charge >= 0.3 is 5.97 Å². The van der Waals surface area contributed by atoms with E-state index in [4.69, 9.17) is 10.8 Å². The van der Waals surface area contributed by atoms with Gasteiger partial charge in [0.1, 0.15) is 6.04 Å². The fourth-order valence-electron chi connectivity index (χ4n) is 0. The Morgan fingerprint density at radius 3 is 1.73 bits per heavy atom. The van der Waals surface area contributed by atoms with Gasteiger partial charge in [0.05, 0.1) is 0 Å². The maximum atomic E-state index is 9.59. The normalized spacial score (nSPS) is 10.8. The lowest BCUT2D eigenvalue weighted by molar-refractivity contribution is -0.138. The Balaban J connectivity index is 0. The lowest BCUT2D eigenvalue weighted by Crippen LogP contribution is -2.25. The van der Waals surface area contributed by atoms with Gasteiger partial charge in [-0.3, -0.25) is 9.59 Å². The van der Waals surface area contributed by atoms with Crippen LogP contribution < -0.4 is 11.5 Å². The molecule has 0 unspecified atom stereocenters. The highest BCUT2D eigenvalue weighted by atomic mass is 16.4. The van der Waals surface area contributed by atoms with E-state index in [9.17, 15) is 9.59 Å². The Morgan fingerprint density at radius 2 is 1.73 bits per heavy atom. The molecule has 0 aliphatic rings. The minimum Gasteiger partial charge on any atom is -0.480 e. The molecule has 0 aliphatic carbocycles. The fourth-order valence-corrected chi connectivity index (χ4v) is 0. The van der Waals surface area contributed by atoms with Gasteiger partial charge in [-0.25, -0.2) is 0 Å². The predicted molar refractivity (Wildman–Crippen MR) is 40.8 cm³/mol. The molecule has 0 saturated heterocycles. The molecule has 0 fully saturated rings. The summed E-state index contributed by atoms with van der Waals surface area (Å²) < 4.78 is 0. The third kappa shape index (κ3) is 17.6. The second-order valence-corrected chi connectivity index (χ2v) is 1.95. The molecule has 1 atom stereocenters. The zero-order chi connectivity index (χ0) is 9.44. The van der Waals surface area contributed by atoms with Crippen molar-refractivity contribution in [3.8, 4) is 0 Å². The molecule has 0 heterocycles. The molecule has 1 amide bonds. The number of nitrogens with two attached hydrogens (primary N) is 2. The molecule has 0 aromatic heterocycles. The van der Waals surface area contributed by atoms with Gasteiger partial charge in [-0.2, -0.15) is 0 Å². The van der Waals surface area contributed by atoms with Gasteiger partial charge in [0, 0.05) is 6.42 Å². The second-order valence-electron chi connectivity index (χ2n) is 1.95. The summed E-state index contributed by atoms with van der Waals surface area (Å²) in [6, 6.07) is -0.731. The standard InChI is InChI=1S/C3H7NO2.C3H7NO/c1-2(4)3(5)6;1-2-3(4)5/h2H,4H2,1H3,(H,5,6);2H2,1H3,(H2,4,5)/t2-;/m0./s1. The number of hydrogen-bond acceptors (Lipinski definition) is 3. The predicted octanol–water partition coefficient (Wildman–Crippen LogP) is -0.700. The van der Waals surface area contributed by atoms with E-state index < -0.39 is 12.0 Å². The van der Waals surface area contributed by atoms with Crippen LogP contribution in [0.4, 0.5) is 0 Å². The fraction of sp³-hybridized carbons (Fsp3) is 0.667. The van der Waals surface area contributed by atoms with Crippen LogP contribution in [0.3, 0.4) is 0 Å². The number of rotatable bonds is 2. The number of amides is 1. The average molecular weight is 162 g/mol. The zero-order valence-corrected chi connectivity index (χ0v) is 6.70. The van der Waals surface area contributed by atoms with E-state index in [0.717, 1.165) is 0 Å². The highest BCUT2D eigenvalue weighted by Gasteiger charge is 1.99. The van der Waals surface area contributed by atoms with Crippen molar-refractivity contribution >= 4 is 11.9 Å². The van der Waals surface area contributed by atoms with E-state index in [1.807, 2.05) is 0 Å². The highest BCUT2D eigenvalue weighted by Crippen LogP contribution is 1.68. The molecule has 5 nitrogen and oxygen atoms in total. The number of aliphatic carboxylic acids is 1. The number of carbonyl (C=O) groups excluding carboxylic acids is 1. The number of carboxylic acids is 1. The quantitative estimate of drug-likeness (QED) is 0.499. The Hall–Kier alpha value is -1.10. The summed E-state index contributed by atoms with van der Waals surface area (Å²) in [7, 11) is 0. The van der Waals surface area contributed by atoms with Crippen molar-refractivity contribution in [1.29, 1.82) is 0 Å². The topological polar surface area (TPSA) is 106 Å². The van der Waals surface area contributed by atoms with Crippen LogP contribution in [0.1, 0.15) is 20.3 Å². The highest BCUT2D eigenvalue weighted by molar-refractivity contribution is 5.73. The monoisotopic (exact) mass is 162 g/mol. The Morgan fingerprint density at radius 1 is 1.55 bits per heavy atom. The van der Waals surface area contributed by atoms with E-state index in [2.05, 4.69) is 5.73 Å². The van der Waals surface area contributed by atoms with Crippen LogP contribution in [-0.4, -0.2) is 23.0 Å². The lowest BCUT2D eigenvalue weighted by atomic mass is 10.4. The summed E-state index contributed by atoms with van der Waals surface area (Å²) in [5, 5.41) is 7.87. The van der Waals surface area contributed by atoms with Crippen molar-refractivity contribution in [1.82, 2.24) is 0 Å². The van der Waals surface area contributed by atoms with Gasteiger partial charge in [0.15, 0.2) is 0 Å². The summed E-state index contributed by atoms with van der Waals surface area (Å²) in [5.41, 5.74) is 9.49. The molecule has 5 heteroatoms. The molecule has 0 spiro atoms. The van der Waals surface area contributed by atoms with E-state index in [1.165, 1.54) is 6.92 Å². The van der Waals surface area contributed by atoms with Gasteiger partial charge in [0.25, 0.3) is 0 Å². The van der Waals surface area contributed by atoms with Crippen LogP contribution in [0, 0.1) is 0 Å². The summed E-state index contributed by atoms with van der Waals surface area (Å²) >= 11 is 0. The zero-order valence-electron chi connectivity index (χ0n) is 6.70. The third-order valence-corrected chi connectivity index (χ3v) is 0.738. The van der Waals surface area contributed by atoms with Crippen molar-refractivity contribution in [2.45, 2.75) is 26.3 Å². The van der Waals surface area contributed by atoms with Crippen molar-refractivity contribution in [3.63, 3.8) is 0 Å². The molecular formula is C6H14N2O3. The molecule has 11 heavy (non-hydrogen) atoms. The Labute approximate surface area is 65.4 Å². The molecule has 0 rings (SSSR count). The number of carbonyl (C=O) groups is 2. The summed E-state index contributed by atoms with van der Waals surface area (Å²) in [4.78, 5) is 19.2. The average Bonchev–Trinajstić information content (AvgIpc) is 1.89. The minimum atomic E-state index is -0.963. The van der Waals surface area contributed by atoms with Gasteiger partial charge in [0.2, 0.25) is 5.91 Å². The second kappa shape index (κ2) is 7.01. The van der Waals surface area contributed by atoms with E-state index in [1.54, 1.807) is 6.92 Å². The molecule has 0 saturated carbocycles. The van der Waals surface area contributed by atoms with Crippen LogP contribution in [0.5, 0.6) is 0 Å². The molecule has 0 aliphatic heterocycles. The van der Waals surface area contributed by atoms with Crippen molar-refractivity contribution < 1.29 is 14.7 Å². The van der Waals surface area contributed by atoms with E-state index >= 15 is 0 Å². The molecule has 0 radical (unpaired) electrons. The van der Waals surface area contributed by atoms with Gasteiger partial charge in [-0.15, -0.1) is 0 Å². The number of hydrogen-bond donors (Lipinski definition) is 3. The van der Waals surface area contributed by atoms with Crippen molar-refractivity contribution in [2.75, 3.05) is 0 Å². The first kappa shape index (κ1) is 12.6. The number of primary amides is 1. The van der Waals surface area contributed by atoms with Crippen molar-refractivity contribution in [3.05, 3.63) is 0 Å². The first-order valence-electron chi connectivity index (χ1n) is 3.18. The van der Waals surface area contributed by atoms with Gasteiger partial charge in [-0.05, 0) is 6.92 Å². The molecule has 0 bridgehead atoms. The molecule has 5 N–H and O–H groups in total. The molecular weight excluding hydrogens is 148 g/mol. The lowest BCUT2D eigenvalue weighted by Gasteiger charge is -1.90. The first-order valence-corrected chi connectivity index (χ1v) is 3.18. The molecule has 0 aromatic rings. The maximum absolute atomic E-state index is 9.59. The third-order valence-electron chi connectivity index (χ3n) is 0.738. The van der Waals surface area contributed by atoms with Crippen LogP contribution >= 0.6 is 0 Å².